The molecule has 0 bridgehead atoms. The largest absolute Gasteiger partial charge is 0.392 e. The summed E-state index contributed by atoms with van der Waals surface area (Å²) in [5, 5.41) is 0. The van der Waals surface area contributed by atoms with Gasteiger partial charge in [-0.2, -0.15) is 0 Å². The zero-order valence-corrected chi connectivity index (χ0v) is 5.89. The maximum atomic E-state index is 10.8. The number of rotatable bonds is 2. The first-order chi connectivity index (χ1) is 4.16. The summed E-state index contributed by atoms with van der Waals surface area (Å²) >= 11 is 0. The van der Waals surface area contributed by atoms with Crippen LogP contribution in [0.2, 0.25) is 0 Å². The minimum absolute atomic E-state index is 0.0547. The van der Waals surface area contributed by atoms with Crippen LogP contribution in [-0.4, -0.2) is 18.7 Å². The normalized spacial score (nSPS) is 33.2. The van der Waals surface area contributed by atoms with Gasteiger partial charge in [0.2, 0.25) is 0 Å². The van der Waals surface area contributed by atoms with E-state index in [0.717, 1.165) is 0 Å². The summed E-state index contributed by atoms with van der Waals surface area (Å²) in [5.41, 5.74) is 0. The lowest BCUT2D eigenvalue weighted by Gasteiger charge is -2.23. The van der Waals surface area contributed by atoms with E-state index in [9.17, 15) is 9.36 Å². The summed E-state index contributed by atoms with van der Waals surface area (Å²) in [6.45, 7) is 2.02. The Kier molecular flexibility index (Phi) is 1.60. The van der Waals surface area contributed by atoms with Gasteiger partial charge in [0.1, 0.15) is 0 Å². The van der Waals surface area contributed by atoms with Gasteiger partial charge in [0.15, 0.2) is 6.16 Å². The van der Waals surface area contributed by atoms with E-state index in [1.165, 1.54) is 0 Å². The zero-order valence-electron chi connectivity index (χ0n) is 4.99. The molecule has 0 aromatic carbocycles. The van der Waals surface area contributed by atoms with Crippen molar-refractivity contribution in [2.75, 3.05) is 12.8 Å². The van der Waals surface area contributed by atoms with Crippen molar-refractivity contribution in [3.63, 3.8) is 0 Å². The van der Waals surface area contributed by atoms with Gasteiger partial charge in [-0.05, 0) is 6.92 Å². The number of carbonyl (C=O) groups excluding carboxylic acids is 1. The van der Waals surface area contributed by atoms with Crippen molar-refractivity contribution in [1.29, 1.82) is 0 Å². The Morgan fingerprint density at radius 3 is 2.78 bits per heavy atom. The lowest BCUT2D eigenvalue weighted by Crippen LogP contribution is -2.22. The Bertz CT molecular complexity index is 163. The van der Waals surface area contributed by atoms with Gasteiger partial charge in [0.05, 0.1) is 6.61 Å². The molecule has 1 fully saturated rings. The van der Waals surface area contributed by atoms with E-state index in [4.69, 9.17) is 0 Å². The van der Waals surface area contributed by atoms with E-state index >= 15 is 0 Å². The molecule has 0 saturated carbocycles. The Labute approximate surface area is 52.7 Å². The summed E-state index contributed by atoms with van der Waals surface area (Å²) in [6.07, 6.45) is -0.0547. The molecular weight excluding hydrogens is 143 g/mol. The molecule has 1 rings (SSSR count). The van der Waals surface area contributed by atoms with Gasteiger partial charge in [-0.25, -0.2) is 4.57 Å². The fourth-order valence-electron chi connectivity index (χ4n) is 0.574. The molecule has 4 nitrogen and oxygen atoms in total. The van der Waals surface area contributed by atoms with Crippen LogP contribution in [0.3, 0.4) is 0 Å². The molecule has 1 saturated heterocycles. The summed E-state index contributed by atoms with van der Waals surface area (Å²) in [7, 11) is -2.90. The first-order valence-electron chi connectivity index (χ1n) is 2.62. The Balaban J connectivity index is 2.41. The van der Waals surface area contributed by atoms with Gasteiger partial charge in [0, 0.05) is 0 Å². The smallest absolute Gasteiger partial charge is 0.391 e. The molecule has 0 aliphatic carbocycles. The van der Waals surface area contributed by atoms with Crippen LogP contribution in [0, 0.1) is 0 Å². The van der Waals surface area contributed by atoms with Gasteiger partial charge in [-0.1, -0.05) is 0 Å². The van der Waals surface area contributed by atoms with E-state index in [0.29, 0.717) is 6.61 Å². The standard InChI is InChI=1S/C4H7O4P/c1-2-7-9(6)3-4(5)8-9/h2-3H2,1H3. The molecular formula is C4H7O4P. The lowest BCUT2D eigenvalue weighted by atomic mass is 10.8. The number of hydrogen-bond acceptors (Lipinski definition) is 4. The van der Waals surface area contributed by atoms with Gasteiger partial charge in [-0.15, -0.1) is 0 Å². The van der Waals surface area contributed by atoms with Crippen molar-refractivity contribution in [3.8, 4) is 0 Å². The molecule has 5 heteroatoms. The van der Waals surface area contributed by atoms with Crippen molar-refractivity contribution in [1.82, 2.24) is 0 Å². The SMILES string of the molecule is CCOP1(=O)CC(=O)O1. The third-order valence-corrected chi connectivity index (χ3v) is 2.67. The molecule has 1 aliphatic heterocycles. The first kappa shape index (κ1) is 6.78. The molecule has 0 radical (unpaired) electrons. The highest BCUT2D eigenvalue weighted by molar-refractivity contribution is 7.58. The Hall–Kier alpha value is -0.340. The summed E-state index contributed by atoms with van der Waals surface area (Å²) < 4.78 is 19.7. The van der Waals surface area contributed by atoms with E-state index in [1.807, 2.05) is 0 Å². The first-order valence-corrected chi connectivity index (χ1v) is 4.35. The van der Waals surface area contributed by atoms with Crippen LogP contribution in [0.15, 0.2) is 0 Å². The van der Waals surface area contributed by atoms with Gasteiger partial charge >= 0.3 is 13.6 Å². The highest BCUT2D eigenvalue weighted by Gasteiger charge is 2.42. The summed E-state index contributed by atoms with van der Waals surface area (Å²) in [4.78, 5) is 10.1. The maximum absolute atomic E-state index is 10.8. The van der Waals surface area contributed by atoms with E-state index in [1.54, 1.807) is 6.92 Å². The monoisotopic (exact) mass is 150 g/mol. The predicted molar refractivity (Wildman–Crippen MR) is 30.2 cm³/mol. The minimum Gasteiger partial charge on any atom is -0.391 e. The number of hydrogen-bond donors (Lipinski definition) is 0. The van der Waals surface area contributed by atoms with Gasteiger partial charge in [0.25, 0.3) is 0 Å². The third kappa shape index (κ3) is 1.32. The van der Waals surface area contributed by atoms with Gasteiger partial charge < -0.3 is 4.52 Å². The van der Waals surface area contributed by atoms with Crippen molar-refractivity contribution in [3.05, 3.63) is 0 Å². The molecule has 0 spiro atoms. The number of carbonyl (C=O) groups is 1. The van der Waals surface area contributed by atoms with Crippen molar-refractivity contribution in [2.45, 2.75) is 6.92 Å². The van der Waals surface area contributed by atoms with Crippen molar-refractivity contribution < 1.29 is 18.4 Å². The molecule has 1 atom stereocenters. The minimum atomic E-state index is -2.90. The molecule has 9 heavy (non-hydrogen) atoms. The average Bonchev–Trinajstić information content (AvgIpc) is 1.62. The second-order valence-electron chi connectivity index (χ2n) is 1.65. The van der Waals surface area contributed by atoms with Crippen LogP contribution in [0.5, 0.6) is 0 Å². The van der Waals surface area contributed by atoms with Crippen LogP contribution >= 0.6 is 7.60 Å². The Morgan fingerprint density at radius 2 is 2.44 bits per heavy atom. The molecule has 0 aromatic rings. The Morgan fingerprint density at radius 1 is 1.89 bits per heavy atom. The molecule has 0 N–H and O–H groups in total. The summed E-state index contributed by atoms with van der Waals surface area (Å²) in [5.74, 6) is -0.438. The molecule has 52 valence electrons. The van der Waals surface area contributed by atoms with E-state index in [2.05, 4.69) is 9.05 Å². The zero-order chi connectivity index (χ0) is 6.91. The van der Waals surface area contributed by atoms with Crippen LogP contribution < -0.4 is 0 Å². The molecule has 1 aliphatic rings. The van der Waals surface area contributed by atoms with Crippen LogP contribution in [-0.2, 0) is 18.4 Å². The summed E-state index contributed by atoms with van der Waals surface area (Å²) in [6, 6.07) is 0. The maximum Gasteiger partial charge on any atom is 0.392 e. The third-order valence-electron chi connectivity index (χ3n) is 0.889. The van der Waals surface area contributed by atoms with Crippen molar-refractivity contribution in [2.24, 2.45) is 0 Å². The van der Waals surface area contributed by atoms with Crippen molar-refractivity contribution >= 4 is 13.6 Å². The fraction of sp³-hybridized carbons (Fsp3) is 0.750. The van der Waals surface area contributed by atoms with E-state index in [-0.39, 0.29) is 6.16 Å². The highest BCUT2D eigenvalue weighted by Crippen LogP contribution is 2.55. The average molecular weight is 150 g/mol. The molecule has 0 amide bonds. The molecule has 1 unspecified atom stereocenters. The highest BCUT2D eigenvalue weighted by atomic mass is 31.2. The van der Waals surface area contributed by atoms with E-state index < -0.39 is 13.6 Å². The molecule has 1 heterocycles. The lowest BCUT2D eigenvalue weighted by molar-refractivity contribution is -0.136. The molecule has 0 aromatic heterocycles. The van der Waals surface area contributed by atoms with Crippen LogP contribution in [0.4, 0.5) is 0 Å². The fourth-order valence-corrected chi connectivity index (χ4v) is 1.72. The second kappa shape index (κ2) is 2.12. The predicted octanol–water partition coefficient (Wildman–Crippen LogP) is 0.773. The van der Waals surface area contributed by atoms with Crippen LogP contribution in [0.25, 0.3) is 0 Å². The topological polar surface area (TPSA) is 52.6 Å². The van der Waals surface area contributed by atoms with Crippen LogP contribution in [0.1, 0.15) is 6.92 Å². The van der Waals surface area contributed by atoms with Gasteiger partial charge in [-0.3, -0.25) is 9.32 Å². The quantitative estimate of drug-likeness (QED) is 0.545. The second-order valence-corrected chi connectivity index (χ2v) is 3.63.